The van der Waals surface area contributed by atoms with Gasteiger partial charge in [0.15, 0.2) is 12.0 Å². The molecule has 2 aromatic rings. The van der Waals surface area contributed by atoms with Crippen molar-refractivity contribution < 1.29 is 14.0 Å². The predicted molar refractivity (Wildman–Crippen MR) is 80.5 cm³/mol. The molecule has 5 heteroatoms. The van der Waals surface area contributed by atoms with Gasteiger partial charge < -0.3 is 5.32 Å². The molecular formula is C16H13ClFNO2. The summed E-state index contributed by atoms with van der Waals surface area (Å²) >= 11 is 5.91. The zero-order valence-corrected chi connectivity index (χ0v) is 12.0. The summed E-state index contributed by atoms with van der Waals surface area (Å²) in [6.45, 7) is 1.13. The molecule has 0 radical (unpaired) electrons. The van der Waals surface area contributed by atoms with E-state index < -0.39 is 12.1 Å². The Morgan fingerprint density at radius 3 is 2.43 bits per heavy atom. The third-order valence-corrected chi connectivity index (χ3v) is 3.12. The molecule has 0 heterocycles. The van der Waals surface area contributed by atoms with Crippen molar-refractivity contribution in [2.45, 2.75) is 13.1 Å². The molecule has 1 atom stereocenters. The van der Waals surface area contributed by atoms with Crippen molar-refractivity contribution in [2.75, 3.05) is 5.32 Å². The molecule has 0 aliphatic carbocycles. The van der Waals surface area contributed by atoms with E-state index in [-0.39, 0.29) is 17.0 Å². The number of carbonyl (C=O) groups excluding carboxylic acids is 2. The summed E-state index contributed by atoms with van der Waals surface area (Å²) in [7, 11) is 0. The first-order valence-electron chi connectivity index (χ1n) is 6.33. The number of benzene rings is 2. The van der Waals surface area contributed by atoms with Crippen LogP contribution in [0.2, 0.25) is 5.02 Å². The van der Waals surface area contributed by atoms with Gasteiger partial charge in [-0.15, -0.1) is 0 Å². The van der Waals surface area contributed by atoms with Crippen molar-refractivity contribution in [1.82, 2.24) is 0 Å². The first-order chi connectivity index (χ1) is 9.99. The standard InChI is InChI=1S/C16H13ClFNO2/c1-10(18)16(21)19-14-8-7-12(17)9-13(14)15(20)11-5-3-2-4-6-11/h2-10H,1H3,(H,19,21). The second kappa shape index (κ2) is 6.50. The Labute approximate surface area is 126 Å². The summed E-state index contributed by atoms with van der Waals surface area (Å²) in [5, 5.41) is 2.76. The van der Waals surface area contributed by atoms with E-state index in [9.17, 15) is 14.0 Å². The van der Waals surface area contributed by atoms with Gasteiger partial charge in [-0.3, -0.25) is 9.59 Å². The van der Waals surface area contributed by atoms with Gasteiger partial charge in [0.2, 0.25) is 0 Å². The van der Waals surface area contributed by atoms with E-state index >= 15 is 0 Å². The fourth-order valence-electron chi connectivity index (χ4n) is 1.79. The van der Waals surface area contributed by atoms with Crippen molar-refractivity contribution in [3.05, 3.63) is 64.7 Å². The zero-order valence-electron chi connectivity index (χ0n) is 11.3. The number of hydrogen-bond acceptors (Lipinski definition) is 2. The van der Waals surface area contributed by atoms with Gasteiger partial charge in [-0.25, -0.2) is 4.39 Å². The van der Waals surface area contributed by atoms with Crippen molar-refractivity contribution >= 4 is 29.0 Å². The van der Waals surface area contributed by atoms with Crippen molar-refractivity contribution in [3.63, 3.8) is 0 Å². The SMILES string of the molecule is CC(F)C(=O)Nc1ccc(Cl)cc1C(=O)c1ccccc1. The molecule has 1 unspecified atom stereocenters. The topological polar surface area (TPSA) is 46.2 Å². The molecule has 0 spiro atoms. The number of ketones is 1. The van der Waals surface area contributed by atoms with E-state index in [4.69, 9.17) is 11.6 Å². The van der Waals surface area contributed by atoms with Crippen LogP contribution in [0, 0.1) is 0 Å². The van der Waals surface area contributed by atoms with Crippen LogP contribution in [-0.2, 0) is 4.79 Å². The minimum atomic E-state index is -1.67. The minimum absolute atomic E-state index is 0.225. The smallest absolute Gasteiger partial charge is 0.258 e. The van der Waals surface area contributed by atoms with E-state index in [1.807, 2.05) is 0 Å². The van der Waals surface area contributed by atoms with Crippen LogP contribution in [0.4, 0.5) is 10.1 Å². The quantitative estimate of drug-likeness (QED) is 0.872. The van der Waals surface area contributed by atoms with Gasteiger partial charge in [0, 0.05) is 16.1 Å². The Bertz CT molecular complexity index is 671. The molecule has 3 nitrogen and oxygen atoms in total. The molecule has 1 amide bonds. The Balaban J connectivity index is 2.40. The van der Waals surface area contributed by atoms with E-state index in [0.29, 0.717) is 10.6 Å². The second-order valence-corrected chi connectivity index (χ2v) is 4.93. The van der Waals surface area contributed by atoms with Crippen LogP contribution in [0.15, 0.2) is 48.5 Å². The number of nitrogens with one attached hydrogen (secondary N) is 1. The molecule has 2 rings (SSSR count). The number of carbonyl (C=O) groups is 2. The van der Waals surface area contributed by atoms with Crippen LogP contribution in [0.3, 0.4) is 0 Å². The maximum atomic E-state index is 13.0. The molecular weight excluding hydrogens is 293 g/mol. The van der Waals surface area contributed by atoms with E-state index in [1.54, 1.807) is 30.3 Å². The van der Waals surface area contributed by atoms with Gasteiger partial charge in [-0.2, -0.15) is 0 Å². The highest BCUT2D eigenvalue weighted by Gasteiger charge is 2.18. The van der Waals surface area contributed by atoms with E-state index in [2.05, 4.69) is 5.32 Å². The predicted octanol–water partition coefficient (Wildman–Crippen LogP) is 3.87. The summed E-state index contributed by atoms with van der Waals surface area (Å²) in [6.07, 6.45) is -1.67. The number of amides is 1. The molecule has 21 heavy (non-hydrogen) atoms. The first kappa shape index (κ1) is 15.2. The molecule has 0 bridgehead atoms. The second-order valence-electron chi connectivity index (χ2n) is 4.49. The van der Waals surface area contributed by atoms with Gasteiger partial charge >= 0.3 is 0 Å². The van der Waals surface area contributed by atoms with Crippen molar-refractivity contribution in [3.8, 4) is 0 Å². The van der Waals surface area contributed by atoms with Crippen LogP contribution in [0.1, 0.15) is 22.8 Å². The lowest BCUT2D eigenvalue weighted by Gasteiger charge is -2.11. The summed E-state index contributed by atoms with van der Waals surface area (Å²) in [4.78, 5) is 23.9. The van der Waals surface area contributed by atoms with Gasteiger partial charge in [0.05, 0.1) is 5.69 Å². The van der Waals surface area contributed by atoms with Crippen LogP contribution in [0.25, 0.3) is 0 Å². The Morgan fingerprint density at radius 2 is 1.81 bits per heavy atom. The Hall–Kier alpha value is -2.20. The van der Waals surface area contributed by atoms with Crippen LogP contribution >= 0.6 is 11.6 Å². The zero-order chi connectivity index (χ0) is 15.4. The number of rotatable bonds is 4. The fourth-order valence-corrected chi connectivity index (χ4v) is 1.96. The summed E-state index contributed by atoms with van der Waals surface area (Å²) in [5.41, 5.74) is 0.925. The largest absolute Gasteiger partial charge is 0.323 e. The molecule has 0 aliphatic heterocycles. The average Bonchev–Trinajstić information content (AvgIpc) is 2.49. The highest BCUT2D eigenvalue weighted by Crippen LogP contribution is 2.24. The lowest BCUT2D eigenvalue weighted by Crippen LogP contribution is -2.22. The molecule has 2 aromatic carbocycles. The van der Waals surface area contributed by atoms with Gasteiger partial charge in [-0.05, 0) is 25.1 Å². The lowest BCUT2D eigenvalue weighted by molar-refractivity contribution is -0.120. The third kappa shape index (κ3) is 3.67. The molecule has 0 aliphatic rings. The van der Waals surface area contributed by atoms with Gasteiger partial charge in [0.25, 0.3) is 5.91 Å². The molecule has 108 valence electrons. The fraction of sp³-hybridized carbons (Fsp3) is 0.125. The molecule has 0 saturated heterocycles. The van der Waals surface area contributed by atoms with Gasteiger partial charge in [-0.1, -0.05) is 41.9 Å². The maximum Gasteiger partial charge on any atom is 0.258 e. The molecule has 1 N–H and O–H groups in total. The first-order valence-corrected chi connectivity index (χ1v) is 6.71. The normalized spacial score (nSPS) is 11.8. The Kier molecular flexibility index (Phi) is 4.70. The molecule has 0 saturated carbocycles. The molecule has 0 fully saturated rings. The van der Waals surface area contributed by atoms with Gasteiger partial charge in [0.1, 0.15) is 0 Å². The molecule has 0 aromatic heterocycles. The number of alkyl halides is 1. The maximum absolute atomic E-state index is 13.0. The van der Waals surface area contributed by atoms with Crippen LogP contribution in [-0.4, -0.2) is 17.9 Å². The number of hydrogen-bond donors (Lipinski definition) is 1. The van der Waals surface area contributed by atoms with Crippen LogP contribution < -0.4 is 5.32 Å². The number of halogens is 2. The third-order valence-electron chi connectivity index (χ3n) is 2.88. The van der Waals surface area contributed by atoms with Crippen molar-refractivity contribution in [2.24, 2.45) is 0 Å². The van der Waals surface area contributed by atoms with E-state index in [1.165, 1.54) is 18.2 Å². The monoisotopic (exact) mass is 305 g/mol. The van der Waals surface area contributed by atoms with E-state index in [0.717, 1.165) is 6.92 Å². The summed E-state index contributed by atoms with van der Waals surface area (Å²) < 4.78 is 13.0. The highest BCUT2D eigenvalue weighted by atomic mass is 35.5. The lowest BCUT2D eigenvalue weighted by atomic mass is 10.0. The van der Waals surface area contributed by atoms with Crippen molar-refractivity contribution in [1.29, 1.82) is 0 Å². The highest BCUT2D eigenvalue weighted by molar-refractivity contribution is 6.31. The average molecular weight is 306 g/mol. The Morgan fingerprint density at radius 1 is 1.14 bits per heavy atom. The summed E-state index contributed by atoms with van der Waals surface area (Å²) in [5.74, 6) is -1.10. The minimum Gasteiger partial charge on any atom is -0.323 e. The number of anilines is 1. The summed E-state index contributed by atoms with van der Waals surface area (Å²) in [6, 6.07) is 13.1. The van der Waals surface area contributed by atoms with Crippen LogP contribution in [0.5, 0.6) is 0 Å².